The van der Waals surface area contributed by atoms with Crippen molar-refractivity contribution in [2.24, 2.45) is 5.92 Å². The zero-order valence-electron chi connectivity index (χ0n) is 25.2. The first kappa shape index (κ1) is 32.3. The van der Waals surface area contributed by atoms with Crippen molar-refractivity contribution in [3.8, 4) is 0 Å². The van der Waals surface area contributed by atoms with Crippen LogP contribution in [-0.2, 0) is 33.3 Å². The molecule has 234 valence electrons. The van der Waals surface area contributed by atoms with E-state index >= 15 is 0 Å². The number of aliphatic hydroxyl groups excluding tert-OH is 2. The van der Waals surface area contributed by atoms with Crippen LogP contribution in [0.1, 0.15) is 60.3 Å². The molecular formula is C31H46N2O9. The number of carbonyl (C=O) groups excluding carboxylic acids is 3. The molecule has 9 unspecified atom stereocenters. The molecule has 0 aromatic heterocycles. The topological polar surface area (TPSA) is 147 Å². The lowest BCUT2D eigenvalue weighted by molar-refractivity contribution is -0.157. The predicted molar refractivity (Wildman–Crippen MR) is 153 cm³/mol. The molecule has 0 aliphatic carbocycles. The highest BCUT2D eigenvalue weighted by Gasteiger charge is 2.58. The van der Waals surface area contributed by atoms with Gasteiger partial charge in [0, 0.05) is 32.5 Å². The fourth-order valence-corrected chi connectivity index (χ4v) is 5.87. The number of allylic oxidation sites excluding steroid dienone is 2. The standard InChI is InChI=1S/C31H46N2O9/c1-18(6-9-26-19(2)12-25(21(4)41-26)32-28(36)11-8-20(3)40-22(5)34)7-10-27-30(38)31(17-39-31)14-24(42-27)13-29(37)33-15-23(35)16-33/h6-8,10-11,19-21,23-27,30,35,38H,9,12-17H2,1-5H3,(H,32,36). The van der Waals surface area contributed by atoms with Crippen LogP contribution in [0.5, 0.6) is 0 Å². The Kier molecular flexibility index (Phi) is 10.6. The van der Waals surface area contributed by atoms with E-state index < -0.39 is 36.0 Å². The molecule has 11 heteroatoms. The summed E-state index contributed by atoms with van der Waals surface area (Å²) < 4.78 is 23.0. The van der Waals surface area contributed by atoms with E-state index in [9.17, 15) is 24.6 Å². The summed E-state index contributed by atoms with van der Waals surface area (Å²) in [6, 6.07) is -0.129. The second-order valence-corrected chi connectivity index (χ2v) is 12.3. The number of ether oxygens (including phenoxy) is 4. The van der Waals surface area contributed by atoms with Crippen LogP contribution in [0.2, 0.25) is 0 Å². The van der Waals surface area contributed by atoms with Gasteiger partial charge in [0.25, 0.3) is 0 Å². The van der Waals surface area contributed by atoms with Crippen molar-refractivity contribution in [3.05, 3.63) is 36.0 Å². The number of nitrogens with zero attached hydrogens (tertiary/aromatic N) is 1. The molecule has 3 N–H and O–H groups in total. The summed E-state index contributed by atoms with van der Waals surface area (Å²) >= 11 is 0. The maximum atomic E-state index is 12.5. The molecule has 11 nitrogen and oxygen atoms in total. The van der Waals surface area contributed by atoms with Crippen LogP contribution in [0, 0.1) is 5.92 Å². The van der Waals surface area contributed by atoms with E-state index in [0.717, 1.165) is 12.0 Å². The fraction of sp³-hybridized carbons (Fsp3) is 0.710. The molecule has 4 rings (SSSR count). The molecule has 4 heterocycles. The second-order valence-electron chi connectivity index (χ2n) is 12.3. The van der Waals surface area contributed by atoms with Crippen LogP contribution < -0.4 is 5.32 Å². The molecule has 2 amide bonds. The number of aliphatic hydroxyl groups is 2. The van der Waals surface area contributed by atoms with Gasteiger partial charge < -0.3 is 39.4 Å². The van der Waals surface area contributed by atoms with Gasteiger partial charge in [-0.3, -0.25) is 14.4 Å². The molecule has 0 radical (unpaired) electrons. The molecule has 4 aliphatic heterocycles. The van der Waals surface area contributed by atoms with Gasteiger partial charge in [-0.2, -0.15) is 0 Å². The number of likely N-dealkylation sites (tertiary alicyclic amines) is 1. The van der Waals surface area contributed by atoms with Crippen molar-refractivity contribution >= 4 is 17.8 Å². The number of amides is 2. The third-order valence-electron chi connectivity index (χ3n) is 8.54. The average molecular weight is 591 g/mol. The van der Waals surface area contributed by atoms with Crippen molar-refractivity contribution in [1.82, 2.24) is 10.2 Å². The van der Waals surface area contributed by atoms with Gasteiger partial charge in [0.15, 0.2) is 0 Å². The highest BCUT2D eigenvalue weighted by atomic mass is 16.6. The molecule has 0 bridgehead atoms. The first-order valence-electron chi connectivity index (χ1n) is 14.9. The minimum Gasteiger partial charge on any atom is -0.459 e. The van der Waals surface area contributed by atoms with Gasteiger partial charge in [0.2, 0.25) is 11.8 Å². The van der Waals surface area contributed by atoms with Gasteiger partial charge in [-0.15, -0.1) is 0 Å². The van der Waals surface area contributed by atoms with E-state index in [4.69, 9.17) is 18.9 Å². The number of esters is 1. The van der Waals surface area contributed by atoms with E-state index in [-0.39, 0.29) is 48.5 Å². The lowest BCUT2D eigenvalue weighted by Gasteiger charge is -2.40. The maximum absolute atomic E-state index is 12.5. The molecule has 1 spiro atoms. The SMILES string of the molecule is CC(=O)OC(C)C=CC(=O)NC1CC(C)C(CC=C(C)C=CC2OC(CC(=O)N3CC(O)C3)CC3(CO3)C2O)OC1C. The number of epoxide rings is 1. The molecule has 0 saturated carbocycles. The predicted octanol–water partition coefficient (Wildman–Crippen LogP) is 1.57. The molecule has 9 atom stereocenters. The summed E-state index contributed by atoms with van der Waals surface area (Å²) in [4.78, 5) is 37.5. The van der Waals surface area contributed by atoms with Gasteiger partial charge >= 0.3 is 5.97 Å². The normalized spacial score (nSPS) is 36.2. The molecule has 4 saturated heterocycles. The third kappa shape index (κ3) is 8.50. The summed E-state index contributed by atoms with van der Waals surface area (Å²) in [5.41, 5.74) is 0.337. The lowest BCUT2D eigenvalue weighted by Crippen LogP contribution is -2.55. The fourth-order valence-electron chi connectivity index (χ4n) is 5.87. The molecule has 4 fully saturated rings. The quantitative estimate of drug-likeness (QED) is 0.149. The van der Waals surface area contributed by atoms with Crippen molar-refractivity contribution in [3.63, 3.8) is 0 Å². The van der Waals surface area contributed by atoms with Crippen molar-refractivity contribution < 1.29 is 43.5 Å². The zero-order chi connectivity index (χ0) is 30.6. The Morgan fingerprint density at radius 2 is 1.86 bits per heavy atom. The Balaban J connectivity index is 1.25. The number of carbonyl (C=O) groups is 3. The maximum Gasteiger partial charge on any atom is 0.303 e. The first-order valence-corrected chi connectivity index (χ1v) is 14.9. The van der Waals surface area contributed by atoms with E-state index in [1.54, 1.807) is 17.9 Å². The van der Waals surface area contributed by atoms with E-state index in [2.05, 4.69) is 18.3 Å². The van der Waals surface area contributed by atoms with E-state index in [1.165, 1.54) is 13.0 Å². The summed E-state index contributed by atoms with van der Waals surface area (Å²) in [5.74, 6) is -0.494. The number of rotatable bonds is 10. The Morgan fingerprint density at radius 1 is 1.14 bits per heavy atom. The van der Waals surface area contributed by atoms with Gasteiger partial charge in [-0.05, 0) is 45.6 Å². The van der Waals surface area contributed by atoms with Crippen LogP contribution in [0.25, 0.3) is 0 Å². The van der Waals surface area contributed by atoms with Gasteiger partial charge in [-0.1, -0.05) is 30.7 Å². The van der Waals surface area contributed by atoms with E-state index in [1.807, 2.05) is 26.0 Å². The van der Waals surface area contributed by atoms with Crippen LogP contribution >= 0.6 is 0 Å². The minimum atomic E-state index is -0.812. The van der Waals surface area contributed by atoms with Crippen LogP contribution in [-0.4, -0.2) is 107 Å². The molecule has 0 aromatic carbocycles. The van der Waals surface area contributed by atoms with Gasteiger partial charge in [0.05, 0.1) is 43.5 Å². The molecule has 0 aromatic rings. The molecule has 42 heavy (non-hydrogen) atoms. The summed E-state index contributed by atoms with van der Waals surface area (Å²) in [6.45, 7) is 10.2. The van der Waals surface area contributed by atoms with Crippen molar-refractivity contribution in [1.29, 1.82) is 0 Å². The van der Waals surface area contributed by atoms with Crippen LogP contribution in [0.15, 0.2) is 36.0 Å². The number of hydrogen-bond donors (Lipinski definition) is 3. The van der Waals surface area contributed by atoms with Crippen molar-refractivity contribution in [2.75, 3.05) is 19.7 Å². The molecular weight excluding hydrogens is 544 g/mol. The average Bonchev–Trinajstić information content (AvgIpc) is 3.67. The number of hydrogen-bond acceptors (Lipinski definition) is 9. The zero-order valence-corrected chi connectivity index (χ0v) is 25.2. The third-order valence-corrected chi connectivity index (χ3v) is 8.54. The highest BCUT2D eigenvalue weighted by molar-refractivity contribution is 5.87. The Hall–Kier alpha value is -2.57. The summed E-state index contributed by atoms with van der Waals surface area (Å²) in [6.07, 6.45) is 8.05. The smallest absolute Gasteiger partial charge is 0.303 e. The Labute approximate surface area is 247 Å². The summed E-state index contributed by atoms with van der Waals surface area (Å²) in [7, 11) is 0. The minimum absolute atomic E-state index is 0.00824. The largest absolute Gasteiger partial charge is 0.459 e. The summed E-state index contributed by atoms with van der Waals surface area (Å²) in [5, 5.41) is 23.4. The number of β-amino-alcohol motifs (C(OH)–C–C–N with tert-alkyl or cyclic N) is 1. The van der Waals surface area contributed by atoms with Crippen molar-refractivity contribution in [2.45, 2.75) is 115 Å². The Bertz CT molecular complexity index is 1080. The second kappa shape index (κ2) is 13.8. The van der Waals surface area contributed by atoms with E-state index in [0.29, 0.717) is 32.5 Å². The lowest BCUT2D eigenvalue weighted by atomic mass is 9.87. The first-order chi connectivity index (χ1) is 19.8. The molecule has 4 aliphatic rings. The monoisotopic (exact) mass is 590 g/mol. The van der Waals surface area contributed by atoms with Crippen LogP contribution in [0.3, 0.4) is 0 Å². The van der Waals surface area contributed by atoms with Gasteiger partial charge in [0.1, 0.15) is 23.9 Å². The highest BCUT2D eigenvalue weighted by Crippen LogP contribution is 2.43. The van der Waals surface area contributed by atoms with Crippen LogP contribution in [0.4, 0.5) is 0 Å². The Morgan fingerprint density at radius 3 is 2.50 bits per heavy atom. The number of nitrogens with one attached hydrogen (secondary N) is 1. The van der Waals surface area contributed by atoms with Gasteiger partial charge in [-0.25, -0.2) is 0 Å².